The van der Waals surface area contributed by atoms with Gasteiger partial charge in [-0.05, 0) is 36.1 Å². The minimum Gasteiger partial charge on any atom is -0.496 e. The van der Waals surface area contributed by atoms with Crippen molar-refractivity contribution in [2.24, 2.45) is 0 Å². The highest BCUT2D eigenvalue weighted by atomic mass is 35.5. The zero-order valence-corrected chi connectivity index (χ0v) is 11.1. The van der Waals surface area contributed by atoms with Gasteiger partial charge in [0.25, 0.3) is 0 Å². The first kappa shape index (κ1) is 12.1. The molecule has 1 heterocycles. The van der Waals surface area contributed by atoms with Crippen LogP contribution in [0.4, 0.5) is 0 Å². The summed E-state index contributed by atoms with van der Waals surface area (Å²) >= 11 is 7.43. The quantitative estimate of drug-likeness (QED) is 0.787. The molecule has 0 saturated carbocycles. The summed E-state index contributed by atoms with van der Waals surface area (Å²) in [7, 11) is 1.54. The third-order valence-corrected chi connectivity index (χ3v) is 3.60. The van der Waals surface area contributed by atoms with E-state index in [4.69, 9.17) is 16.3 Å². The Kier molecular flexibility index (Phi) is 3.50. The maximum Gasteiger partial charge on any atom is 0.197 e. The Morgan fingerprint density at radius 3 is 2.65 bits per heavy atom. The van der Waals surface area contributed by atoms with E-state index in [2.05, 4.69) is 0 Å². The van der Waals surface area contributed by atoms with Crippen molar-refractivity contribution in [1.29, 1.82) is 0 Å². The van der Waals surface area contributed by atoms with Gasteiger partial charge in [0.1, 0.15) is 5.75 Å². The summed E-state index contributed by atoms with van der Waals surface area (Å²) < 4.78 is 5.18. The predicted molar refractivity (Wildman–Crippen MR) is 70.5 cm³/mol. The smallest absolute Gasteiger partial charge is 0.197 e. The third kappa shape index (κ3) is 2.35. The summed E-state index contributed by atoms with van der Waals surface area (Å²) in [5, 5.41) is 4.32. The SMILES string of the molecule is COc1ccc(Cl)cc1C(=O)c1cscc1C. The molecule has 17 heavy (non-hydrogen) atoms. The second-order valence-corrected chi connectivity index (χ2v) is 4.82. The fraction of sp³-hybridized carbons (Fsp3) is 0.154. The molecular formula is C13H11ClO2S. The molecule has 0 aliphatic carbocycles. The topological polar surface area (TPSA) is 26.3 Å². The van der Waals surface area contributed by atoms with Crippen LogP contribution in [0.5, 0.6) is 5.75 Å². The van der Waals surface area contributed by atoms with Crippen LogP contribution in [0.15, 0.2) is 29.0 Å². The van der Waals surface area contributed by atoms with Crippen LogP contribution in [0, 0.1) is 6.92 Å². The van der Waals surface area contributed by atoms with Crippen molar-refractivity contribution in [2.75, 3.05) is 7.11 Å². The fourth-order valence-corrected chi connectivity index (χ4v) is 2.60. The Morgan fingerprint density at radius 1 is 1.29 bits per heavy atom. The second-order valence-electron chi connectivity index (χ2n) is 3.64. The molecule has 0 spiro atoms. The summed E-state index contributed by atoms with van der Waals surface area (Å²) in [6.07, 6.45) is 0. The van der Waals surface area contributed by atoms with Gasteiger partial charge < -0.3 is 4.74 Å². The molecular weight excluding hydrogens is 256 g/mol. The number of carbonyl (C=O) groups is 1. The van der Waals surface area contributed by atoms with Crippen molar-refractivity contribution < 1.29 is 9.53 Å². The van der Waals surface area contributed by atoms with Gasteiger partial charge in [-0.1, -0.05) is 11.6 Å². The summed E-state index contributed by atoms with van der Waals surface area (Å²) in [4.78, 5) is 12.3. The van der Waals surface area contributed by atoms with Crippen LogP contribution in [0.1, 0.15) is 21.5 Å². The standard InChI is InChI=1S/C13H11ClO2S/c1-8-6-17-7-11(8)13(15)10-5-9(14)3-4-12(10)16-2/h3-7H,1-2H3. The lowest BCUT2D eigenvalue weighted by atomic mass is 10.0. The molecule has 2 aromatic rings. The van der Waals surface area contributed by atoms with Crippen molar-refractivity contribution >= 4 is 28.7 Å². The zero-order chi connectivity index (χ0) is 12.4. The van der Waals surface area contributed by atoms with Gasteiger partial charge in [0.15, 0.2) is 5.78 Å². The van der Waals surface area contributed by atoms with Gasteiger partial charge in [-0.3, -0.25) is 4.79 Å². The Hall–Kier alpha value is -1.32. The number of carbonyl (C=O) groups excluding carboxylic acids is 1. The molecule has 0 N–H and O–H groups in total. The van der Waals surface area contributed by atoms with Crippen LogP contribution in [0.25, 0.3) is 0 Å². The van der Waals surface area contributed by atoms with E-state index in [1.165, 1.54) is 11.3 Å². The number of halogens is 1. The van der Waals surface area contributed by atoms with Crippen molar-refractivity contribution in [2.45, 2.75) is 6.92 Å². The second kappa shape index (κ2) is 4.90. The lowest BCUT2D eigenvalue weighted by Gasteiger charge is -2.07. The molecule has 2 rings (SSSR count). The Labute approximate surface area is 109 Å². The van der Waals surface area contributed by atoms with E-state index in [0.29, 0.717) is 21.9 Å². The summed E-state index contributed by atoms with van der Waals surface area (Å²) in [5.74, 6) is 0.494. The number of thiophene rings is 1. The van der Waals surface area contributed by atoms with Crippen molar-refractivity contribution in [1.82, 2.24) is 0 Å². The van der Waals surface area contributed by atoms with Crippen LogP contribution in [-0.2, 0) is 0 Å². The summed E-state index contributed by atoms with van der Waals surface area (Å²) in [6.45, 7) is 1.92. The largest absolute Gasteiger partial charge is 0.496 e. The highest BCUT2D eigenvalue weighted by molar-refractivity contribution is 7.08. The molecule has 0 atom stereocenters. The molecule has 0 amide bonds. The van der Waals surface area contributed by atoms with Crippen LogP contribution >= 0.6 is 22.9 Å². The molecule has 0 radical (unpaired) electrons. The molecule has 0 aliphatic rings. The van der Waals surface area contributed by atoms with Gasteiger partial charge in [-0.25, -0.2) is 0 Å². The number of hydrogen-bond acceptors (Lipinski definition) is 3. The highest BCUT2D eigenvalue weighted by Crippen LogP contribution is 2.27. The van der Waals surface area contributed by atoms with E-state index in [-0.39, 0.29) is 5.78 Å². The maximum atomic E-state index is 12.3. The van der Waals surface area contributed by atoms with E-state index in [9.17, 15) is 4.79 Å². The lowest BCUT2D eigenvalue weighted by molar-refractivity contribution is 0.103. The minimum atomic E-state index is -0.0527. The fourth-order valence-electron chi connectivity index (χ4n) is 1.60. The molecule has 2 nitrogen and oxygen atoms in total. The average Bonchev–Trinajstić information content (AvgIpc) is 2.74. The van der Waals surface area contributed by atoms with Gasteiger partial charge in [-0.2, -0.15) is 11.3 Å². The highest BCUT2D eigenvalue weighted by Gasteiger charge is 2.17. The third-order valence-electron chi connectivity index (χ3n) is 2.51. The van der Waals surface area contributed by atoms with E-state index in [0.717, 1.165) is 5.56 Å². The molecule has 0 saturated heterocycles. The van der Waals surface area contributed by atoms with Crippen molar-refractivity contribution in [3.63, 3.8) is 0 Å². The monoisotopic (exact) mass is 266 g/mol. The molecule has 0 unspecified atom stereocenters. The summed E-state index contributed by atoms with van der Waals surface area (Å²) in [6, 6.07) is 5.05. The number of ether oxygens (including phenoxy) is 1. The van der Waals surface area contributed by atoms with Crippen LogP contribution in [-0.4, -0.2) is 12.9 Å². The van der Waals surface area contributed by atoms with Gasteiger partial charge in [0.05, 0.1) is 12.7 Å². The number of rotatable bonds is 3. The molecule has 4 heteroatoms. The molecule has 0 bridgehead atoms. The number of benzene rings is 1. The Balaban J connectivity index is 2.50. The van der Waals surface area contributed by atoms with Crippen molar-refractivity contribution in [3.8, 4) is 5.75 Å². The van der Waals surface area contributed by atoms with E-state index >= 15 is 0 Å². The van der Waals surface area contributed by atoms with Crippen LogP contribution in [0.3, 0.4) is 0 Å². The first-order chi connectivity index (χ1) is 8.13. The normalized spacial score (nSPS) is 10.3. The lowest BCUT2D eigenvalue weighted by Crippen LogP contribution is -2.04. The predicted octanol–water partition coefficient (Wildman–Crippen LogP) is 3.95. The van der Waals surface area contributed by atoms with E-state index in [1.807, 2.05) is 17.7 Å². The number of methoxy groups -OCH3 is 1. The first-order valence-corrected chi connectivity index (χ1v) is 6.36. The molecule has 0 fully saturated rings. The molecule has 1 aromatic heterocycles. The maximum absolute atomic E-state index is 12.3. The first-order valence-electron chi connectivity index (χ1n) is 5.04. The molecule has 88 valence electrons. The van der Waals surface area contributed by atoms with Crippen molar-refractivity contribution in [3.05, 3.63) is 50.7 Å². The zero-order valence-electron chi connectivity index (χ0n) is 9.49. The number of aryl methyl sites for hydroxylation is 1. The molecule has 1 aromatic carbocycles. The average molecular weight is 267 g/mol. The van der Waals surface area contributed by atoms with Gasteiger partial charge >= 0.3 is 0 Å². The van der Waals surface area contributed by atoms with E-state index in [1.54, 1.807) is 25.3 Å². The van der Waals surface area contributed by atoms with Gasteiger partial charge in [-0.15, -0.1) is 0 Å². The Bertz CT molecular complexity index is 560. The summed E-state index contributed by atoms with van der Waals surface area (Å²) in [5.41, 5.74) is 2.18. The van der Waals surface area contributed by atoms with Crippen LogP contribution in [0.2, 0.25) is 5.02 Å². The Morgan fingerprint density at radius 2 is 2.06 bits per heavy atom. The minimum absolute atomic E-state index is 0.0527. The van der Waals surface area contributed by atoms with Gasteiger partial charge in [0.2, 0.25) is 0 Å². The molecule has 0 aliphatic heterocycles. The van der Waals surface area contributed by atoms with Gasteiger partial charge in [0, 0.05) is 16.0 Å². The number of hydrogen-bond donors (Lipinski definition) is 0. The van der Waals surface area contributed by atoms with Crippen LogP contribution < -0.4 is 4.74 Å². The number of ketones is 1. The van der Waals surface area contributed by atoms with E-state index < -0.39 is 0 Å².